The molecule has 0 aliphatic rings. The smallest absolute Gasteiger partial charge is 0.376 e. The number of hydrogen-bond donors (Lipinski definition) is 0. The Morgan fingerprint density at radius 1 is 1.06 bits per heavy atom. The summed E-state index contributed by atoms with van der Waals surface area (Å²) in [6, 6.07) is 8.68. The number of hydrogen-bond acceptors (Lipinski definition) is 4. The number of para-hydroxylation sites is 1. The maximum Gasteiger partial charge on any atom is 0.523 e. The highest BCUT2D eigenvalue weighted by molar-refractivity contribution is 6.61. The van der Waals surface area contributed by atoms with Gasteiger partial charge in [-0.25, -0.2) is 5.12 Å². The molecule has 1 aromatic rings. The van der Waals surface area contributed by atoms with Crippen LogP contribution >= 0.6 is 0 Å². The molecule has 0 aromatic heterocycles. The lowest BCUT2D eigenvalue weighted by Gasteiger charge is -2.27. The predicted molar refractivity (Wildman–Crippen MR) is 61.7 cm³/mol. The minimum atomic E-state index is -2.91. The van der Waals surface area contributed by atoms with Crippen molar-refractivity contribution < 1.29 is 17.8 Å². The molecule has 0 spiro atoms. The largest absolute Gasteiger partial charge is 0.523 e. The van der Waals surface area contributed by atoms with Crippen molar-refractivity contribution in [2.24, 2.45) is 0 Å². The molecular weight excluding hydrogens is 229 g/mol. The minimum Gasteiger partial charge on any atom is -0.376 e. The molecule has 0 radical (unpaired) electrons. The van der Waals surface area contributed by atoms with Gasteiger partial charge >= 0.3 is 8.80 Å². The van der Waals surface area contributed by atoms with E-state index in [0.29, 0.717) is 10.8 Å². The van der Waals surface area contributed by atoms with Gasteiger partial charge in [0.2, 0.25) is 0 Å². The van der Waals surface area contributed by atoms with Crippen LogP contribution in [0.5, 0.6) is 0 Å². The molecule has 1 rings (SSSR count). The van der Waals surface area contributed by atoms with E-state index in [1.807, 2.05) is 6.07 Å². The van der Waals surface area contributed by atoms with Crippen LogP contribution in [0.4, 0.5) is 10.2 Å². The Morgan fingerprint density at radius 2 is 1.56 bits per heavy atom. The van der Waals surface area contributed by atoms with Gasteiger partial charge in [0.25, 0.3) is 0 Å². The maximum atomic E-state index is 13.8. The molecule has 0 saturated heterocycles. The fourth-order valence-corrected chi connectivity index (χ4v) is 2.70. The summed E-state index contributed by atoms with van der Waals surface area (Å²) >= 11 is 0. The second kappa shape index (κ2) is 5.95. The summed E-state index contributed by atoms with van der Waals surface area (Å²) in [4.78, 5) is 0. The SMILES string of the molecule is CO[Si](CN(F)c1ccccc1)(OC)OC. The molecule has 4 nitrogen and oxygen atoms in total. The molecule has 0 bridgehead atoms. The van der Waals surface area contributed by atoms with Crippen molar-refractivity contribution in [3.05, 3.63) is 30.3 Å². The van der Waals surface area contributed by atoms with Gasteiger partial charge in [0.05, 0.1) is 5.69 Å². The van der Waals surface area contributed by atoms with E-state index in [9.17, 15) is 4.48 Å². The van der Waals surface area contributed by atoms with Gasteiger partial charge in [-0.15, -0.1) is 4.48 Å². The van der Waals surface area contributed by atoms with Crippen molar-refractivity contribution in [2.75, 3.05) is 32.6 Å². The zero-order chi connectivity index (χ0) is 12.0. The molecule has 0 aliphatic carbocycles. The maximum absolute atomic E-state index is 13.8. The van der Waals surface area contributed by atoms with E-state index in [0.717, 1.165) is 0 Å². The summed E-state index contributed by atoms with van der Waals surface area (Å²) < 4.78 is 29.2. The zero-order valence-electron chi connectivity index (χ0n) is 9.64. The average Bonchev–Trinajstić information content (AvgIpc) is 2.37. The van der Waals surface area contributed by atoms with Gasteiger partial charge in [-0.05, 0) is 12.1 Å². The molecule has 16 heavy (non-hydrogen) atoms. The molecule has 0 saturated carbocycles. The third kappa shape index (κ3) is 3.02. The number of nitrogens with zero attached hydrogens (tertiary/aromatic N) is 1. The third-order valence-electron chi connectivity index (χ3n) is 2.30. The standard InChI is InChI=1S/C10H16FNO3Si/c1-13-16(14-2,15-3)9-12(11)10-7-5-4-6-8-10/h4-8H,9H2,1-3H3. The molecule has 0 atom stereocenters. The molecule has 6 heteroatoms. The summed E-state index contributed by atoms with van der Waals surface area (Å²) in [5, 5.41) is 0.572. The Kier molecular flexibility index (Phi) is 4.88. The second-order valence-corrected chi connectivity index (χ2v) is 6.06. The van der Waals surface area contributed by atoms with Crippen molar-refractivity contribution in [2.45, 2.75) is 0 Å². The van der Waals surface area contributed by atoms with Gasteiger partial charge in [-0.2, -0.15) is 0 Å². The first-order chi connectivity index (χ1) is 7.67. The van der Waals surface area contributed by atoms with E-state index < -0.39 is 8.80 Å². The van der Waals surface area contributed by atoms with Crippen LogP contribution in [0.2, 0.25) is 0 Å². The quantitative estimate of drug-likeness (QED) is 0.565. The van der Waals surface area contributed by atoms with Gasteiger partial charge in [-0.3, -0.25) is 0 Å². The fraction of sp³-hybridized carbons (Fsp3) is 0.400. The average molecular weight is 245 g/mol. The topological polar surface area (TPSA) is 30.9 Å². The molecule has 0 heterocycles. The van der Waals surface area contributed by atoms with E-state index in [1.165, 1.54) is 21.3 Å². The van der Waals surface area contributed by atoms with E-state index >= 15 is 0 Å². The summed E-state index contributed by atoms with van der Waals surface area (Å²) in [6.07, 6.45) is -0.0412. The highest BCUT2D eigenvalue weighted by Gasteiger charge is 2.41. The summed E-state index contributed by atoms with van der Waals surface area (Å²) in [6.45, 7) is 0. The Morgan fingerprint density at radius 3 is 2.00 bits per heavy atom. The van der Waals surface area contributed by atoms with Gasteiger partial charge in [-0.1, -0.05) is 18.2 Å². The Balaban J connectivity index is 2.73. The van der Waals surface area contributed by atoms with Gasteiger partial charge in [0.15, 0.2) is 0 Å². The molecule has 1 aromatic carbocycles. The first-order valence-electron chi connectivity index (χ1n) is 4.81. The molecule has 0 unspecified atom stereocenters. The van der Waals surface area contributed by atoms with Crippen molar-refractivity contribution >= 4 is 14.5 Å². The first-order valence-corrected chi connectivity index (χ1v) is 6.74. The number of benzene rings is 1. The summed E-state index contributed by atoms with van der Waals surface area (Å²) in [5.41, 5.74) is 0.450. The van der Waals surface area contributed by atoms with Crippen LogP contribution in [0.1, 0.15) is 0 Å². The Hall–Kier alpha value is -0.953. The zero-order valence-corrected chi connectivity index (χ0v) is 10.6. The van der Waals surface area contributed by atoms with Crippen molar-refractivity contribution in [3.8, 4) is 0 Å². The van der Waals surface area contributed by atoms with E-state index in [2.05, 4.69) is 0 Å². The highest BCUT2D eigenvalue weighted by atomic mass is 28.4. The van der Waals surface area contributed by atoms with Gasteiger partial charge in [0, 0.05) is 21.3 Å². The molecule has 0 N–H and O–H groups in total. The highest BCUT2D eigenvalue weighted by Crippen LogP contribution is 2.17. The molecule has 0 fully saturated rings. The summed E-state index contributed by atoms with van der Waals surface area (Å²) in [7, 11) is 1.46. The molecule has 0 aliphatic heterocycles. The Labute approximate surface area is 95.8 Å². The van der Waals surface area contributed by atoms with Crippen LogP contribution < -0.4 is 5.12 Å². The molecular formula is C10H16FNO3Si. The van der Waals surface area contributed by atoms with Crippen LogP contribution in [-0.4, -0.2) is 36.3 Å². The number of rotatable bonds is 6. The fourth-order valence-electron chi connectivity index (χ4n) is 1.29. The van der Waals surface area contributed by atoms with Crippen LogP contribution in [0.25, 0.3) is 0 Å². The summed E-state index contributed by atoms with van der Waals surface area (Å²) in [5.74, 6) is 0. The third-order valence-corrected chi connectivity index (χ3v) is 4.83. The van der Waals surface area contributed by atoms with Crippen molar-refractivity contribution in [1.29, 1.82) is 0 Å². The van der Waals surface area contributed by atoms with Crippen LogP contribution in [0.3, 0.4) is 0 Å². The van der Waals surface area contributed by atoms with E-state index in [4.69, 9.17) is 13.3 Å². The van der Waals surface area contributed by atoms with Gasteiger partial charge < -0.3 is 13.3 Å². The van der Waals surface area contributed by atoms with Crippen molar-refractivity contribution in [3.63, 3.8) is 0 Å². The Bertz CT molecular complexity index is 300. The lowest BCUT2D eigenvalue weighted by Crippen LogP contribution is -2.51. The van der Waals surface area contributed by atoms with Gasteiger partial charge in [0.1, 0.15) is 6.17 Å². The van der Waals surface area contributed by atoms with E-state index in [1.54, 1.807) is 24.3 Å². The molecule has 90 valence electrons. The predicted octanol–water partition coefficient (Wildman–Crippen LogP) is 1.79. The van der Waals surface area contributed by atoms with E-state index in [-0.39, 0.29) is 6.17 Å². The van der Waals surface area contributed by atoms with Crippen LogP contribution in [0, 0.1) is 0 Å². The minimum absolute atomic E-state index is 0.0412. The first kappa shape index (κ1) is 13.1. The number of anilines is 1. The normalized spacial score (nSPS) is 11.5. The van der Waals surface area contributed by atoms with Crippen LogP contribution in [-0.2, 0) is 13.3 Å². The monoisotopic (exact) mass is 245 g/mol. The van der Waals surface area contributed by atoms with Crippen molar-refractivity contribution in [1.82, 2.24) is 0 Å². The van der Waals surface area contributed by atoms with Crippen LogP contribution in [0.15, 0.2) is 30.3 Å². The lowest BCUT2D eigenvalue weighted by molar-refractivity contribution is 0.120. The second-order valence-electron chi connectivity index (χ2n) is 3.15. The lowest BCUT2D eigenvalue weighted by atomic mass is 10.3. The molecule has 0 amide bonds. The number of halogens is 1.